The molecule has 1 aromatic heterocycles. The third-order valence-corrected chi connectivity index (χ3v) is 5.16. The molecule has 0 radical (unpaired) electrons. The highest BCUT2D eigenvalue weighted by molar-refractivity contribution is 6.04. The van der Waals surface area contributed by atoms with Gasteiger partial charge in [-0.15, -0.1) is 0 Å². The van der Waals surface area contributed by atoms with Gasteiger partial charge < -0.3 is 20.4 Å². The van der Waals surface area contributed by atoms with Crippen LogP contribution >= 0.6 is 0 Å². The Balaban J connectivity index is 1.66. The van der Waals surface area contributed by atoms with Crippen LogP contribution in [0.25, 0.3) is 0 Å². The van der Waals surface area contributed by atoms with Gasteiger partial charge in [-0.3, -0.25) is 9.59 Å². The van der Waals surface area contributed by atoms with Gasteiger partial charge in [0.1, 0.15) is 5.69 Å². The quantitative estimate of drug-likeness (QED) is 0.458. The molecule has 2 aromatic carbocycles. The number of carbonyl (C=O) groups is 3. The van der Waals surface area contributed by atoms with Crippen molar-refractivity contribution in [3.05, 3.63) is 87.7 Å². The molecule has 3 rings (SSSR count). The molecule has 1 heterocycles. The van der Waals surface area contributed by atoms with Crippen molar-refractivity contribution in [3.8, 4) is 0 Å². The van der Waals surface area contributed by atoms with Gasteiger partial charge in [0.25, 0.3) is 11.8 Å². The maximum atomic E-state index is 12.8. The van der Waals surface area contributed by atoms with Crippen LogP contribution in [-0.2, 0) is 11.3 Å². The van der Waals surface area contributed by atoms with Crippen molar-refractivity contribution < 1.29 is 19.1 Å². The Morgan fingerprint density at radius 1 is 0.970 bits per heavy atom. The summed E-state index contributed by atoms with van der Waals surface area (Å²) in [5, 5.41) is 5.74. The molecule has 3 aromatic rings. The van der Waals surface area contributed by atoms with Crippen LogP contribution in [0.4, 0.5) is 5.69 Å². The lowest BCUT2D eigenvalue weighted by molar-refractivity contribution is 0.0376. The van der Waals surface area contributed by atoms with E-state index in [-0.39, 0.29) is 24.5 Å². The van der Waals surface area contributed by atoms with E-state index in [0.29, 0.717) is 33.8 Å². The average Bonchev–Trinajstić information content (AvgIpc) is 3.06. The van der Waals surface area contributed by atoms with E-state index in [9.17, 15) is 14.4 Å². The van der Waals surface area contributed by atoms with E-state index in [1.54, 1.807) is 45.9 Å². The Morgan fingerprint density at radius 2 is 1.67 bits per heavy atom. The molecule has 0 bridgehead atoms. The summed E-state index contributed by atoms with van der Waals surface area (Å²) in [4.78, 5) is 40.6. The number of hydrogen-bond donors (Lipinski definition) is 3. The van der Waals surface area contributed by atoms with Crippen LogP contribution in [0.15, 0.2) is 48.5 Å². The molecular formula is C26H29N3O4. The number of benzene rings is 2. The molecule has 0 atom stereocenters. The number of nitrogens with one attached hydrogen (secondary N) is 3. The molecule has 0 aliphatic heterocycles. The summed E-state index contributed by atoms with van der Waals surface area (Å²) in [6.45, 7) is 9.24. The van der Waals surface area contributed by atoms with E-state index in [1.165, 1.54) is 0 Å². The monoisotopic (exact) mass is 447 g/mol. The zero-order valence-electron chi connectivity index (χ0n) is 19.5. The minimum atomic E-state index is -0.452. The predicted molar refractivity (Wildman–Crippen MR) is 128 cm³/mol. The number of ether oxygens (including phenoxy) is 1. The summed E-state index contributed by atoms with van der Waals surface area (Å²) in [6.07, 6.45) is -0.248. The fraction of sp³-hybridized carbons (Fsp3) is 0.269. The van der Waals surface area contributed by atoms with Gasteiger partial charge in [-0.1, -0.05) is 29.8 Å². The third kappa shape index (κ3) is 5.88. The maximum Gasteiger partial charge on any atom is 0.340 e. The largest absolute Gasteiger partial charge is 0.459 e. The fourth-order valence-corrected chi connectivity index (χ4v) is 3.49. The second kappa shape index (κ2) is 10.2. The standard InChI is InChI=1S/C26H29N3O4/c1-15(2)33-26(32)22-17(4)23(28-18(22)5)25(31)27-14-19-7-6-8-21(13-19)29-24(30)20-11-9-16(3)10-12-20/h6-13,15,28H,14H2,1-5H3,(H,27,31)(H,29,30). The molecule has 7 heteroatoms. The number of aromatic amines is 1. The van der Waals surface area contributed by atoms with Gasteiger partial charge in [-0.25, -0.2) is 4.79 Å². The molecule has 0 saturated heterocycles. The molecule has 7 nitrogen and oxygen atoms in total. The second-order valence-electron chi connectivity index (χ2n) is 8.28. The molecule has 3 N–H and O–H groups in total. The number of aromatic nitrogens is 1. The van der Waals surface area contributed by atoms with Crippen molar-refractivity contribution >= 4 is 23.5 Å². The van der Waals surface area contributed by atoms with E-state index in [2.05, 4.69) is 15.6 Å². The number of aryl methyl sites for hydroxylation is 2. The highest BCUT2D eigenvalue weighted by atomic mass is 16.5. The molecular weight excluding hydrogens is 418 g/mol. The molecule has 0 aliphatic carbocycles. The van der Waals surface area contributed by atoms with Crippen LogP contribution in [0.1, 0.15) is 67.4 Å². The van der Waals surface area contributed by atoms with Crippen LogP contribution in [0.2, 0.25) is 0 Å². The van der Waals surface area contributed by atoms with Crippen LogP contribution in [0.5, 0.6) is 0 Å². The number of carbonyl (C=O) groups excluding carboxylic acids is 3. The summed E-state index contributed by atoms with van der Waals surface area (Å²) >= 11 is 0. The first-order valence-electron chi connectivity index (χ1n) is 10.8. The zero-order valence-corrected chi connectivity index (χ0v) is 19.5. The molecule has 2 amide bonds. The number of amides is 2. The highest BCUT2D eigenvalue weighted by Gasteiger charge is 2.23. The molecule has 0 fully saturated rings. The number of rotatable bonds is 7. The van der Waals surface area contributed by atoms with E-state index in [1.807, 2.05) is 37.3 Å². The first-order chi connectivity index (χ1) is 15.7. The Kier molecular flexibility index (Phi) is 7.33. The van der Waals surface area contributed by atoms with E-state index < -0.39 is 5.97 Å². The van der Waals surface area contributed by atoms with Crippen molar-refractivity contribution in [1.82, 2.24) is 10.3 Å². The summed E-state index contributed by atoms with van der Waals surface area (Å²) in [6, 6.07) is 14.6. The van der Waals surface area contributed by atoms with Crippen molar-refractivity contribution in [2.45, 2.75) is 47.3 Å². The maximum absolute atomic E-state index is 12.8. The summed E-state index contributed by atoms with van der Waals surface area (Å²) in [7, 11) is 0. The van der Waals surface area contributed by atoms with Crippen LogP contribution in [0, 0.1) is 20.8 Å². The fourth-order valence-electron chi connectivity index (χ4n) is 3.49. The Bertz CT molecular complexity index is 1180. The van der Waals surface area contributed by atoms with Gasteiger partial charge in [0.2, 0.25) is 0 Å². The molecule has 33 heavy (non-hydrogen) atoms. The van der Waals surface area contributed by atoms with Crippen molar-refractivity contribution in [3.63, 3.8) is 0 Å². The molecule has 0 saturated carbocycles. The number of H-pyrrole nitrogens is 1. The minimum Gasteiger partial charge on any atom is -0.459 e. The second-order valence-corrected chi connectivity index (χ2v) is 8.28. The number of anilines is 1. The summed E-state index contributed by atoms with van der Waals surface area (Å²) < 4.78 is 5.28. The molecule has 0 spiro atoms. The summed E-state index contributed by atoms with van der Waals surface area (Å²) in [5.74, 6) is -0.977. The zero-order chi connectivity index (χ0) is 24.1. The Hall–Kier alpha value is -3.87. The van der Waals surface area contributed by atoms with Gasteiger partial charge in [0, 0.05) is 23.5 Å². The first-order valence-corrected chi connectivity index (χ1v) is 10.8. The van der Waals surface area contributed by atoms with E-state index in [4.69, 9.17) is 4.74 Å². The van der Waals surface area contributed by atoms with Gasteiger partial charge in [0.15, 0.2) is 0 Å². The minimum absolute atomic E-state index is 0.200. The van der Waals surface area contributed by atoms with Crippen molar-refractivity contribution in [2.75, 3.05) is 5.32 Å². The summed E-state index contributed by atoms with van der Waals surface area (Å²) in [5.41, 5.74) is 4.97. The van der Waals surface area contributed by atoms with Gasteiger partial charge in [-0.2, -0.15) is 0 Å². The van der Waals surface area contributed by atoms with Gasteiger partial charge >= 0.3 is 5.97 Å². The highest BCUT2D eigenvalue weighted by Crippen LogP contribution is 2.20. The lowest BCUT2D eigenvalue weighted by atomic mass is 10.1. The van der Waals surface area contributed by atoms with Crippen LogP contribution in [0.3, 0.4) is 0 Å². The SMILES string of the molecule is Cc1ccc(C(=O)Nc2cccc(CNC(=O)c3[nH]c(C)c(C(=O)OC(C)C)c3C)c2)cc1. The molecule has 0 unspecified atom stereocenters. The Labute approximate surface area is 193 Å². The van der Waals surface area contributed by atoms with Crippen molar-refractivity contribution in [1.29, 1.82) is 0 Å². The van der Waals surface area contributed by atoms with Crippen molar-refractivity contribution in [2.24, 2.45) is 0 Å². The van der Waals surface area contributed by atoms with Crippen LogP contribution < -0.4 is 10.6 Å². The lowest BCUT2D eigenvalue weighted by Gasteiger charge is -2.10. The average molecular weight is 448 g/mol. The smallest absolute Gasteiger partial charge is 0.340 e. The normalized spacial score (nSPS) is 10.7. The predicted octanol–water partition coefficient (Wildman–Crippen LogP) is 4.69. The lowest BCUT2D eigenvalue weighted by Crippen LogP contribution is -2.24. The molecule has 172 valence electrons. The Morgan fingerprint density at radius 3 is 2.33 bits per heavy atom. The topological polar surface area (TPSA) is 100 Å². The van der Waals surface area contributed by atoms with Gasteiger partial charge in [0.05, 0.1) is 11.7 Å². The number of hydrogen-bond acceptors (Lipinski definition) is 4. The third-order valence-electron chi connectivity index (χ3n) is 5.16. The first kappa shape index (κ1) is 23.8. The number of esters is 1. The van der Waals surface area contributed by atoms with E-state index in [0.717, 1.165) is 11.1 Å². The van der Waals surface area contributed by atoms with Gasteiger partial charge in [-0.05, 0) is 70.0 Å². The van der Waals surface area contributed by atoms with E-state index >= 15 is 0 Å². The molecule has 0 aliphatic rings. The van der Waals surface area contributed by atoms with Crippen LogP contribution in [-0.4, -0.2) is 28.9 Å².